The Morgan fingerprint density at radius 1 is 0.851 bits per heavy atom. The molecule has 0 spiro atoms. The molecule has 67 heavy (non-hydrogen) atoms. The van der Waals surface area contributed by atoms with E-state index >= 15 is 0 Å². The maximum atomic E-state index is 13.7. The van der Waals surface area contributed by atoms with Gasteiger partial charge in [-0.05, 0) is 69.7 Å². The first-order chi connectivity index (χ1) is 31.8. The summed E-state index contributed by atoms with van der Waals surface area (Å²) < 4.78 is 37.1. The molecule has 0 aliphatic carbocycles. The van der Waals surface area contributed by atoms with Crippen LogP contribution in [0, 0.1) is 13.8 Å². The van der Waals surface area contributed by atoms with Crippen molar-refractivity contribution in [2.45, 2.75) is 58.1 Å². The minimum Gasteiger partial charge on any atom is -0.491 e. The molecule has 24 heteroatoms. The first kappa shape index (κ1) is 47.0. The summed E-state index contributed by atoms with van der Waals surface area (Å²) in [5.41, 5.74) is 9.00. The van der Waals surface area contributed by atoms with Crippen molar-refractivity contribution in [3.05, 3.63) is 95.1 Å². The lowest BCUT2D eigenvalue weighted by Crippen LogP contribution is -2.36. The fourth-order valence-electron chi connectivity index (χ4n) is 7.46. The van der Waals surface area contributed by atoms with Crippen LogP contribution in [0.25, 0.3) is 22.1 Å². The average Bonchev–Trinajstić information content (AvgIpc) is 4.08. The number of aryl methyl sites for hydroxylation is 4. The van der Waals surface area contributed by atoms with E-state index in [1.54, 1.807) is 66.0 Å². The zero-order chi connectivity index (χ0) is 48.3. The molecule has 0 saturated heterocycles. The lowest BCUT2D eigenvalue weighted by Gasteiger charge is -2.19. The van der Waals surface area contributed by atoms with E-state index in [9.17, 15) is 37.2 Å². The van der Waals surface area contributed by atoms with Gasteiger partial charge in [0.15, 0.2) is 0 Å². The molecule has 0 unspecified atom stereocenters. The van der Waals surface area contributed by atoms with Crippen LogP contribution in [0.1, 0.15) is 62.5 Å². The lowest BCUT2D eigenvalue weighted by atomic mass is 10.1. The topological polar surface area (TPSA) is 300 Å². The predicted octanol–water partition coefficient (Wildman–Crippen LogP) is 2.00. The zero-order valence-corrected chi connectivity index (χ0v) is 38.0. The number of ether oxygens (including phenoxy) is 1. The van der Waals surface area contributed by atoms with Crippen molar-refractivity contribution in [1.82, 2.24) is 48.5 Å². The minimum absolute atomic E-state index is 0.0512. The highest BCUT2D eigenvalue weighted by atomic mass is 32.2. The summed E-state index contributed by atoms with van der Waals surface area (Å²) in [6, 6.07) is 10.4. The van der Waals surface area contributed by atoms with Crippen LogP contribution in [0.4, 0.5) is 11.9 Å². The third-order valence-electron chi connectivity index (χ3n) is 10.8. The molecule has 6 amide bonds. The van der Waals surface area contributed by atoms with Crippen molar-refractivity contribution in [3.63, 3.8) is 0 Å². The molecule has 0 atom stereocenters. The summed E-state index contributed by atoms with van der Waals surface area (Å²) in [6.07, 6.45) is 6.12. The molecule has 1 aliphatic heterocycles. The third kappa shape index (κ3) is 10.3. The molecule has 23 nitrogen and oxygen atoms in total. The molecule has 4 aromatic heterocycles. The molecule has 7 rings (SSSR count). The van der Waals surface area contributed by atoms with Crippen molar-refractivity contribution in [1.29, 1.82) is 0 Å². The number of imidazole rings is 2. The molecule has 6 N–H and O–H groups in total. The van der Waals surface area contributed by atoms with E-state index in [4.69, 9.17) is 20.6 Å². The van der Waals surface area contributed by atoms with Crippen molar-refractivity contribution >= 4 is 79.4 Å². The molecule has 350 valence electrons. The minimum atomic E-state index is -4.08. The van der Waals surface area contributed by atoms with Crippen LogP contribution in [-0.2, 0) is 51.1 Å². The average molecular weight is 937 g/mol. The van der Waals surface area contributed by atoms with Crippen LogP contribution in [0.2, 0.25) is 0 Å². The van der Waals surface area contributed by atoms with Gasteiger partial charge >= 0.3 is 0 Å². The first-order valence-corrected chi connectivity index (χ1v) is 22.5. The van der Waals surface area contributed by atoms with Gasteiger partial charge in [0.1, 0.15) is 22.7 Å². The van der Waals surface area contributed by atoms with Gasteiger partial charge in [-0.2, -0.15) is 10.2 Å². The van der Waals surface area contributed by atoms with E-state index in [2.05, 4.69) is 25.8 Å². The van der Waals surface area contributed by atoms with Crippen molar-refractivity contribution < 1.29 is 41.9 Å². The summed E-state index contributed by atoms with van der Waals surface area (Å²) in [5, 5.41) is 19.7. The van der Waals surface area contributed by atoms with Gasteiger partial charge in [-0.25, -0.2) is 23.5 Å². The van der Waals surface area contributed by atoms with Gasteiger partial charge in [-0.15, -0.1) is 0 Å². The number of rotatable bonds is 19. The van der Waals surface area contributed by atoms with Crippen molar-refractivity contribution in [2.24, 2.45) is 17.9 Å². The smallest absolute Gasteiger partial charge is 0.276 e. The maximum absolute atomic E-state index is 13.7. The number of primary amides is 1. The second kappa shape index (κ2) is 19.2. The molecule has 1 aliphatic rings. The fraction of sp³-hybridized carbons (Fsp3) is 0.302. The number of hydrogen-bond donors (Lipinski definition) is 4. The molecular weight excluding hydrogens is 889 g/mol. The van der Waals surface area contributed by atoms with Crippen LogP contribution >= 0.6 is 0 Å². The Morgan fingerprint density at radius 3 is 2.12 bits per heavy atom. The normalized spacial score (nSPS) is 12.8. The molecule has 0 radical (unpaired) electrons. The van der Waals surface area contributed by atoms with Gasteiger partial charge in [0, 0.05) is 71.0 Å². The zero-order valence-electron chi connectivity index (χ0n) is 37.2. The van der Waals surface area contributed by atoms with Crippen LogP contribution in [-0.4, -0.2) is 119 Å². The quantitative estimate of drug-likeness (QED) is 0.0514. The lowest BCUT2D eigenvalue weighted by molar-refractivity contribution is -0.138. The number of allylic oxidation sites excluding steroid dienone is 2. The molecule has 0 fully saturated rings. The number of hydrogen-bond acceptors (Lipinski definition) is 13. The number of fused-ring (bicyclic) bond motifs is 2. The molecular formula is C43H48N14O9S. The van der Waals surface area contributed by atoms with E-state index in [0.717, 1.165) is 17.1 Å². The number of nitrogens with zero attached hydrogens (tertiary/aromatic N) is 10. The summed E-state index contributed by atoms with van der Waals surface area (Å²) in [5.74, 6) is -2.60. The number of nitrogens with two attached hydrogens (primary N) is 2. The number of nitrogens with one attached hydrogen (secondary N) is 2. The Bertz CT molecular complexity index is 3140. The Hall–Kier alpha value is -7.99. The van der Waals surface area contributed by atoms with Gasteiger partial charge < -0.3 is 24.5 Å². The Balaban J connectivity index is 1.17. The number of benzene rings is 2. The highest BCUT2D eigenvalue weighted by Crippen LogP contribution is 2.32. The summed E-state index contributed by atoms with van der Waals surface area (Å²) in [7, 11) is -0.860. The standard InChI is InChI=1S/C43H48N14O9S/c1-6-57-33(21-26(3)51-57)41(63)49-42-46-29-24-28(67(45,64)65)10-11-31(29)54(42)16-7-8-17-56-38-30(47-43(56)48-40(62)32-20-25(2)50-53(32)5)22-27(39(44)61)23-34(38)66-19-9-15-52(4)35(58)14-18-55-36(59)12-13-37(55)60/h7-8,10-13,20-24H,6,9,14-19H2,1-5H3,(H2,44,61)(H2,45,64,65)(H,46,49,63)(H,47,48,62)/b8-7+. The van der Waals surface area contributed by atoms with E-state index in [-0.39, 0.29) is 89.9 Å². The van der Waals surface area contributed by atoms with Gasteiger partial charge in [0.2, 0.25) is 33.7 Å². The number of carbonyl (C=O) groups is 6. The Morgan fingerprint density at radius 2 is 1.48 bits per heavy atom. The number of primary sulfonamides is 1. The molecule has 2 aromatic carbocycles. The number of carbonyl (C=O) groups excluding carboxylic acids is 6. The fourth-order valence-corrected chi connectivity index (χ4v) is 8.00. The molecule has 0 bridgehead atoms. The van der Waals surface area contributed by atoms with E-state index in [1.165, 1.54) is 39.9 Å². The van der Waals surface area contributed by atoms with Crippen LogP contribution in [0.3, 0.4) is 0 Å². The maximum Gasteiger partial charge on any atom is 0.276 e. The second-order valence-electron chi connectivity index (χ2n) is 15.6. The van der Waals surface area contributed by atoms with Crippen LogP contribution in [0.5, 0.6) is 5.75 Å². The van der Waals surface area contributed by atoms with Crippen LogP contribution < -0.4 is 26.2 Å². The van der Waals surface area contributed by atoms with E-state index < -0.39 is 39.6 Å². The molecule has 5 heterocycles. The van der Waals surface area contributed by atoms with Crippen molar-refractivity contribution in [3.8, 4) is 5.75 Å². The van der Waals surface area contributed by atoms with Gasteiger partial charge in [-0.3, -0.25) is 53.7 Å². The summed E-state index contributed by atoms with van der Waals surface area (Å²) in [6.45, 7) is 6.23. The first-order valence-electron chi connectivity index (χ1n) is 20.9. The molecule has 6 aromatic rings. The predicted molar refractivity (Wildman–Crippen MR) is 243 cm³/mol. The van der Waals surface area contributed by atoms with Gasteiger partial charge in [0.05, 0.1) is 39.4 Å². The summed E-state index contributed by atoms with van der Waals surface area (Å²) in [4.78, 5) is 88.0. The third-order valence-corrected chi connectivity index (χ3v) is 11.7. The van der Waals surface area contributed by atoms with Gasteiger partial charge in [0.25, 0.3) is 23.6 Å². The highest BCUT2D eigenvalue weighted by molar-refractivity contribution is 7.89. The van der Waals surface area contributed by atoms with Crippen LogP contribution in [0.15, 0.2) is 71.7 Å². The second-order valence-corrected chi connectivity index (χ2v) is 17.1. The molecule has 0 saturated carbocycles. The summed E-state index contributed by atoms with van der Waals surface area (Å²) >= 11 is 0. The number of amides is 6. The largest absolute Gasteiger partial charge is 0.491 e. The van der Waals surface area contributed by atoms with Crippen molar-refractivity contribution in [2.75, 3.05) is 37.4 Å². The van der Waals surface area contributed by atoms with E-state index in [0.29, 0.717) is 41.1 Å². The number of imide groups is 1. The monoisotopic (exact) mass is 936 g/mol. The SMILES string of the molecule is CCn1nc(C)cc1C(=O)Nc1nc2cc(S(N)(=O)=O)ccc2n1C/C=C/Cn1c(NC(=O)c2cc(C)nn2C)nc2cc(C(N)=O)cc(OCCCN(C)C(=O)CCN3C(=O)C=CC3=O)c21. The van der Waals surface area contributed by atoms with Gasteiger partial charge in [-0.1, -0.05) is 12.2 Å². The number of anilines is 2. The van der Waals surface area contributed by atoms with E-state index in [1.807, 2.05) is 6.92 Å². The Kier molecular flexibility index (Phi) is 13.5. The highest BCUT2D eigenvalue weighted by Gasteiger charge is 2.25. The number of aromatic nitrogens is 8. The number of sulfonamides is 1. The Labute approximate surface area is 383 Å².